The van der Waals surface area contributed by atoms with Crippen molar-refractivity contribution in [3.63, 3.8) is 0 Å². The highest BCUT2D eigenvalue weighted by atomic mass is 32.1. The van der Waals surface area contributed by atoms with E-state index in [0.29, 0.717) is 12.1 Å². The molecule has 19 heavy (non-hydrogen) atoms. The minimum atomic E-state index is -0.976. The molecule has 1 heterocycles. The molecule has 0 bridgehead atoms. The molecule has 0 fully saturated rings. The van der Waals surface area contributed by atoms with E-state index in [9.17, 15) is 9.59 Å². The number of benzene rings is 1. The predicted octanol–water partition coefficient (Wildman–Crippen LogP) is 3.02. The van der Waals surface area contributed by atoms with Gasteiger partial charge in [0.25, 0.3) is 0 Å². The number of carboxylic acid groups (broad SMARTS) is 1. The Hall–Kier alpha value is -2.14. The van der Waals surface area contributed by atoms with Crippen molar-refractivity contribution in [3.8, 4) is 0 Å². The first-order valence-electron chi connectivity index (χ1n) is 5.81. The largest absolute Gasteiger partial charge is 0.478 e. The summed E-state index contributed by atoms with van der Waals surface area (Å²) in [5.74, 6) is -1.05. The Morgan fingerprint density at radius 2 is 1.89 bits per heavy atom. The number of amides is 1. The number of carboxylic acids is 1. The molecule has 5 heteroatoms. The number of hydrogen-bond acceptors (Lipinski definition) is 3. The summed E-state index contributed by atoms with van der Waals surface area (Å²) in [4.78, 5) is 23.6. The number of hydrogen-bond donors (Lipinski definition) is 2. The highest BCUT2D eigenvalue weighted by Crippen LogP contribution is 2.13. The Morgan fingerprint density at radius 1 is 1.16 bits per heavy atom. The third-order valence-corrected chi connectivity index (χ3v) is 3.53. The summed E-state index contributed by atoms with van der Waals surface area (Å²) in [5, 5.41) is 13.5. The van der Waals surface area contributed by atoms with Crippen LogP contribution in [0.3, 0.4) is 0 Å². The van der Waals surface area contributed by atoms with Gasteiger partial charge in [0.15, 0.2) is 0 Å². The van der Waals surface area contributed by atoms with Gasteiger partial charge in [-0.15, -0.1) is 11.3 Å². The number of thiophene rings is 1. The molecule has 2 rings (SSSR count). The Labute approximate surface area is 114 Å². The number of nitrogens with one attached hydrogen (secondary N) is 1. The number of anilines is 1. The number of carbonyl (C=O) groups is 2. The maximum atomic E-state index is 11.7. The van der Waals surface area contributed by atoms with Crippen LogP contribution >= 0.6 is 11.3 Å². The van der Waals surface area contributed by atoms with Crippen molar-refractivity contribution in [3.05, 3.63) is 52.2 Å². The van der Waals surface area contributed by atoms with Gasteiger partial charge in [-0.25, -0.2) is 4.79 Å². The lowest BCUT2D eigenvalue weighted by molar-refractivity contribution is -0.116. The molecule has 0 atom stereocenters. The molecule has 0 aliphatic carbocycles. The summed E-state index contributed by atoms with van der Waals surface area (Å²) in [7, 11) is 0. The number of aryl methyl sites for hydroxylation is 1. The molecule has 98 valence electrons. The second kappa shape index (κ2) is 6.15. The molecule has 4 nitrogen and oxygen atoms in total. The van der Waals surface area contributed by atoms with Crippen LogP contribution in [-0.2, 0) is 11.2 Å². The van der Waals surface area contributed by atoms with Gasteiger partial charge in [0.1, 0.15) is 0 Å². The lowest BCUT2D eigenvalue weighted by Crippen LogP contribution is -2.12. The molecule has 1 amide bonds. The van der Waals surface area contributed by atoms with Crippen LogP contribution in [0.4, 0.5) is 5.69 Å². The molecule has 1 aromatic heterocycles. The average molecular weight is 275 g/mol. The third kappa shape index (κ3) is 3.93. The summed E-state index contributed by atoms with van der Waals surface area (Å²) in [5.41, 5.74) is 0.817. The Bertz CT molecular complexity index is 561. The first kappa shape index (κ1) is 13.3. The van der Waals surface area contributed by atoms with E-state index >= 15 is 0 Å². The van der Waals surface area contributed by atoms with Gasteiger partial charge in [0.2, 0.25) is 5.91 Å². The van der Waals surface area contributed by atoms with Gasteiger partial charge in [-0.2, -0.15) is 0 Å². The second-order valence-electron chi connectivity index (χ2n) is 4.01. The van der Waals surface area contributed by atoms with E-state index in [-0.39, 0.29) is 11.5 Å². The smallest absolute Gasteiger partial charge is 0.335 e. The molecule has 1 aromatic carbocycles. The molecule has 0 unspecified atom stereocenters. The minimum Gasteiger partial charge on any atom is -0.478 e. The molecule has 2 N–H and O–H groups in total. The van der Waals surface area contributed by atoms with E-state index in [1.807, 2.05) is 17.5 Å². The van der Waals surface area contributed by atoms with Gasteiger partial charge in [-0.05, 0) is 42.1 Å². The SMILES string of the molecule is O=C(CCc1cccs1)Nc1ccc(C(=O)O)cc1. The molecule has 0 saturated heterocycles. The van der Waals surface area contributed by atoms with Gasteiger partial charge in [-0.1, -0.05) is 6.07 Å². The fourth-order valence-electron chi connectivity index (χ4n) is 1.61. The van der Waals surface area contributed by atoms with Gasteiger partial charge in [0.05, 0.1) is 5.56 Å². The zero-order chi connectivity index (χ0) is 13.7. The van der Waals surface area contributed by atoms with Crippen LogP contribution in [0.25, 0.3) is 0 Å². The first-order chi connectivity index (χ1) is 9.15. The van der Waals surface area contributed by atoms with Crippen LogP contribution in [0.15, 0.2) is 41.8 Å². The fourth-order valence-corrected chi connectivity index (χ4v) is 2.32. The molecule has 0 saturated carbocycles. The van der Waals surface area contributed by atoms with Crippen LogP contribution in [0.1, 0.15) is 21.7 Å². The number of rotatable bonds is 5. The highest BCUT2D eigenvalue weighted by Gasteiger charge is 2.05. The zero-order valence-electron chi connectivity index (χ0n) is 10.1. The summed E-state index contributed by atoms with van der Waals surface area (Å²) < 4.78 is 0. The summed E-state index contributed by atoms with van der Waals surface area (Å²) in [6, 6.07) is 10.1. The van der Waals surface area contributed by atoms with Crippen molar-refractivity contribution in [2.45, 2.75) is 12.8 Å². The number of carbonyl (C=O) groups excluding carboxylic acids is 1. The van der Waals surface area contributed by atoms with Gasteiger partial charge in [0, 0.05) is 17.0 Å². The molecule has 0 radical (unpaired) electrons. The van der Waals surface area contributed by atoms with Crippen LogP contribution in [0, 0.1) is 0 Å². The summed E-state index contributed by atoms with van der Waals surface area (Å²) in [6.07, 6.45) is 1.14. The van der Waals surface area contributed by atoms with Crippen molar-refractivity contribution in [2.75, 3.05) is 5.32 Å². The predicted molar refractivity (Wildman–Crippen MR) is 74.7 cm³/mol. The number of aromatic carboxylic acids is 1. The van der Waals surface area contributed by atoms with Crippen LogP contribution in [0.2, 0.25) is 0 Å². The van der Waals surface area contributed by atoms with Gasteiger partial charge >= 0.3 is 5.97 Å². The van der Waals surface area contributed by atoms with E-state index < -0.39 is 5.97 Å². The summed E-state index contributed by atoms with van der Waals surface area (Å²) >= 11 is 1.63. The minimum absolute atomic E-state index is 0.0727. The van der Waals surface area contributed by atoms with E-state index in [1.165, 1.54) is 17.0 Å². The van der Waals surface area contributed by atoms with E-state index in [0.717, 1.165) is 6.42 Å². The maximum Gasteiger partial charge on any atom is 0.335 e. The molecular weight excluding hydrogens is 262 g/mol. The van der Waals surface area contributed by atoms with E-state index in [4.69, 9.17) is 5.11 Å². The molecule has 0 aliphatic heterocycles. The van der Waals surface area contributed by atoms with Crippen molar-refractivity contribution in [1.82, 2.24) is 0 Å². The van der Waals surface area contributed by atoms with Crippen molar-refractivity contribution < 1.29 is 14.7 Å². The Kier molecular flexibility index (Phi) is 4.30. The normalized spacial score (nSPS) is 10.1. The molecular formula is C14H13NO3S. The summed E-state index contributed by atoms with van der Waals surface area (Å²) in [6.45, 7) is 0. The topological polar surface area (TPSA) is 66.4 Å². The third-order valence-electron chi connectivity index (χ3n) is 2.59. The van der Waals surface area contributed by atoms with Crippen LogP contribution in [-0.4, -0.2) is 17.0 Å². The van der Waals surface area contributed by atoms with Crippen molar-refractivity contribution >= 4 is 28.9 Å². The van der Waals surface area contributed by atoms with Gasteiger partial charge in [-0.3, -0.25) is 4.79 Å². The Morgan fingerprint density at radius 3 is 2.47 bits per heavy atom. The van der Waals surface area contributed by atoms with E-state index in [1.54, 1.807) is 23.5 Å². The highest BCUT2D eigenvalue weighted by molar-refractivity contribution is 7.09. The standard InChI is InChI=1S/C14H13NO3S/c16-13(8-7-12-2-1-9-19-12)15-11-5-3-10(4-6-11)14(17)18/h1-6,9H,7-8H2,(H,15,16)(H,17,18). The molecule has 0 aliphatic rings. The quantitative estimate of drug-likeness (QED) is 0.881. The molecule has 2 aromatic rings. The van der Waals surface area contributed by atoms with Gasteiger partial charge < -0.3 is 10.4 Å². The second-order valence-corrected chi connectivity index (χ2v) is 5.04. The molecule has 0 spiro atoms. The monoisotopic (exact) mass is 275 g/mol. The van der Waals surface area contributed by atoms with Crippen LogP contribution < -0.4 is 5.32 Å². The zero-order valence-corrected chi connectivity index (χ0v) is 10.9. The van der Waals surface area contributed by atoms with Crippen LogP contribution in [0.5, 0.6) is 0 Å². The van der Waals surface area contributed by atoms with Crippen molar-refractivity contribution in [1.29, 1.82) is 0 Å². The Balaban J connectivity index is 1.86. The van der Waals surface area contributed by atoms with Crippen molar-refractivity contribution in [2.24, 2.45) is 0 Å². The fraction of sp³-hybridized carbons (Fsp3) is 0.143. The lowest BCUT2D eigenvalue weighted by Gasteiger charge is -2.05. The maximum absolute atomic E-state index is 11.7. The average Bonchev–Trinajstić information content (AvgIpc) is 2.90. The lowest BCUT2D eigenvalue weighted by atomic mass is 10.2. The van der Waals surface area contributed by atoms with E-state index in [2.05, 4.69) is 5.32 Å². The first-order valence-corrected chi connectivity index (χ1v) is 6.69.